The lowest BCUT2D eigenvalue weighted by atomic mass is 9.77. The molecule has 1 aliphatic rings. The number of ketones is 1. The molecule has 1 aromatic carbocycles. The molecule has 1 atom stereocenters. The van der Waals surface area contributed by atoms with Crippen LogP contribution < -0.4 is 0 Å². The van der Waals surface area contributed by atoms with Crippen molar-refractivity contribution >= 4 is 17.8 Å². The number of phenolic OH excluding ortho intramolecular Hbond substituents is 1. The van der Waals surface area contributed by atoms with Crippen LogP contribution in [-0.4, -0.2) is 49.0 Å². The number of phenols is 1. The third-order valence-corrected chi connectivity index (χ3v) is 4.15. The van der Waals surface area contributed by atoms with E-state index in [0.717, 1.165) is 18.5 Å². The van der Waals surface area contributed by atoms with Crippen molar-refractivity contribution in [1.82, 2.24) is 4.90 Å². The van der Waals surface area contributed by atoms with E-state index < -0.39 is 11.4 Å². The van der Waals surface area contributed by atoms with Gasteiger partial charge in [-0.3, -0.25) is 9.59 Å². The van der Waals surface area contributed by atoms with Gasteiger partial charge in [0, 0.05) is 6.42 Å². The molecule has 1 fully saturated rings. The Morgan fingerprint density at radius 3 is 2.61 bits per heavy atom. The second kappa shape index (κ2) is 7.42. The Kier molecular flexibility index (Phi) is 5.55. The smallest absolute Gasteiger partial charge is 0.320 e. The van der Waals surface area contributed by atoms with Gasteiger partial charge in [-0.15, -0.1) is 0 Å². The summed E-state index contributed by atoms with van der Waals surface area (Å²) in [5, 5.41) is 9.27. The van der Waals surface area contributed by atoms with E-state index in [4.69, 9.17) is 4.74 Å². The predicted octanol–water partition coefficient (Wildman–Crippen LogP) is 2.25. The molecular weight excluding hydrogens is 294 g/mol. The van der Waals surface area contributed by atoms with Crippen molar-refractivity contribution in [3.8, 4) is 5.75 Å². The lowest BCUT2D eigenvalue weighted by molar-refractivity contribution is -0.150. The monoisotopic (exact) mass is 317 g/mol. The van der Waals surface area contributed by atoms with Gasteiger partial charge in [-0.2, -0.15) is 0 Å². The second-order valence-corrected chi connectivity index (χ2v) is 6.16. The lowest BCUT2D eigenvalue weighted by Gasteiger charge is -2.22. The van der Waals surface area contributed by atoms with Crippen LogP contribution in [0, 0.1) is 5.41 Å². The zero-order chi connectivity index (χ0) is 16.9. The van der Waals surface area contributed by atoms with Gasteiger partial charge in [-0.05, 0) is 57.3 Å². The largest absolute Gasteiger partial charge is 0.508 e. The molecule has 0 aromatic heterocycles. The van der Waals surface area contributed by atoms with Gasteiger partial charge in [-0.25, -0.2) is 0 Å². The number of carbonyl (C=O) groups is 2. The first-order valence-corrected chi connectivity index (χ1v) is 7.77. The molecule has 23 heavy (non-hydrogen) atoms. The molecule has 1 aliphatic heterocycles. The van der Waals surface area contributed by atoms with Crippen LogP contribution in [0.25, 0.3) is 6.08 Å². The minimum atomic E-state index is -1.04. The fourth-order valence-corrected chi connectivity index (χ4v) is 2.75. The summed E-state index contributed by atoms with van der Waals surface area (Å²) in [7, 11) is 3.93. The van der Waals surface area contributed by atoms with Gasteiger partial charge in [0.2, 0.25) is 0 Å². The van der Waals surface area contributed by atoms with Crippen LogP contribution in [-0.2, 0) is 14.3 Å². The van der Waals surface area contributed by atoms with Crippen LogP contribution in [0.15, 0.2) is 30.3 Å². The van der Waals surface area contributed by atoms with E-state index >= 15 is 0 Å². The first-order chi connectivity index (χ1) is 10.9. The molecule has 5 nitrogen and oxygen atoms in total. The molecule has 0 amide bonds. The standard InChI is InChI=1S/C18H23NO4/c1-19(2)12-3-10-18(11-13-23-17(18)22)16(21)9-6-14-4-7-15(20)8-5-14/h4-9,20H,3,10-13H2,1-2H3/b9-6+. The predicted molar refractivity (Wildman–Crippen MR) is 87.9 cm³/mol. The van der Waals surface area contributed by atoms with Crippen LogP contribution in [0.2, 0.25) is 0 Å². The summed E-state index contributed by atoms with van der Waals surface area (Å²) in [5.41, 5.74) is -0.241. The number of carbonyl (C=O) groups excluding carboxylic acids is 2. The molecule has 1 unspecified atom stereocenters. The maximum Gasteiger partial charge on any atom is 0.320 e. The fraction of sp³-hybridized carbons (Fsp3) is 0.444. The van der Waals surface area contributed by atoms with E-state index in [1.807, 2.05) is 19.0 Å². The number of ether oxygens (including phenoxy) is 1. The van der Waals surface area contributed by atoms with Crippen LogP contribution in [0.5, 0.6) is 5.75 Å². The van der Waals surface area contributed by atoms with Crippen molar-refractivity contribution in [1.29, 1.82) is 0 Å². The highest BCUT2D eigenvalue weighted by Crippen LogP contribution is 2.36. The normalized spacial score (nSPS) is 21.1. The van der Waals surface area contributed by atoms with Gasteiger partial charge in [-0.1, -0.05) is 18.2 Å². The van der Waals surface area contributed by atoms with E-state index in [9.17, 15) is 14.7 Å². The third-order valence-electron chi connectivity index (χ3n) is 4.15. The highest BCUT2D eigenvalue weighted by atomic mass is 16.5. The maximum atomic E-state index is 12.6. The Hall–Kier alpha value is -2.14. The van der Waals surface area contributed by atoms with Crippen LogP contribution in [0.4, 0.5) is 0 Å². The number of cyclic esters (lactones) is 1. The van der Waals surface area contributed by atoms with Crippen molar-refractivity contribution in [3.63, 3.8) is 0 Å². The van der Waals surface area contributed by atoms with Gasteiger partial charge in [0.15, 0.2) is 5.78 Å². The number of benzene rings is 1. The van der Waals surface area contributed by atoms with Crippen molar-refractivity contribution in [2.24, 2.45) is 5.41 Å². The summed E-state index contributed by atoms with van der Waals surface area (Å²) in [5.74, 6) is -0.434. The molecule has 2 rings (SSSR count). The molecule has 1 saturated heterocycles. The van der Waals surface area contributed by atoms with Gasteiger partial charge < -0.3 is 14.7 Å². The zero-order valence-corrected chi connectivity index (χ0v) is 13.6. The number of hydrogen-bond acceptors (Lipinski definition) is 5. The Morgan fingerprint density at radius 1 is 1.35 bits per heavy atom. The number of nitrogens with zero attached hydrogens (tertiary/aromatic N) is 1. The van der Waals surface area contributed by atoms with Gasteiger partial charge >= 0.3 is 5.97 Å². The number of aromatic hydroxyl groups is 1. The van der Waals surface area contributed by atoms with E-state index in [2.05, 4.69) is 0 Å². The summed E-state index contributed by atoms with van der Waals surface area (Å²) >= 11 is 0. The van der Waals surface area contributed by atoms with Crippen molar-refractivity contribution < 1.29 is 19.4 Å². The summed E-state index contributed by atoms with van der Waals surface area (Å²) in [6.07, 6.45) is 4.83. The number of allylic oxidation sites excluding steroid dienone is 1. The van der Waals surface area contributed by atoms with Crippen LogP contribution in [0.3, 0.4) is 0 Å². The first kappa shape index (κ1) is 17.2. The van der Waals surface area contributed by atoms with Crippen molar-refractivity contribution in [3.05, 3.63) is 35.9 Å². The second-order valence-electron chi connectivity index (χ2n) is 6.16. The molecule has 1 heterocycles. The van der Waals surface area contributed by atoms with E-state index in [0.29, 0.717) is 19.4 Å². The first-order valence-electron chi connectivity index (χ1n) is 7.77. The van der Waals surface area contributed by atoms with E-state index in [-0.39, 0.29) is 11.5 Å². The Labute approximate surface area is 136 Å². The average Bonchev–Trinajstić information content (AvgIpc) is 2.88. The quantitative estimate of drug-likeness (QED) is 0.475. The number of hydrogen-bond donors (Lipinski definition) is 1. The Morgan fingerprint density at radius 2 is 2.04 bits per heavy atom. The summed E-state index contributed by atoms with van der Waals surface area (Å²) < 4.78 is 5.07. The molecular formula is C18H23NO4. The molecule has 1 aromatic rings. The maximum absolute atomic E-state index is 12.6. The summed E-state index contributed by atoms with van der Waals surface area (Å²) in [4.78, 5) is 26.8. The Balaban J connectivity index is 2.10. The minimum absolute atomic E-state index is 0.174. The molecule has 124 valence electrons. The number of esters is 1. The zero-order valence-electron chi connectivity index (χ0n) is 13.6. The van der Waals surface area contributed by atoms with Crippen molar-refractivity contribution in [2.45, 2.75) is 19.3 Å². The molecule has 0 spiro atoms. The molecule has 1 N–H and O–H groups in total. The number of rotatable bonds is 7. The molecule has 0 bridgehead atoms. The third kappa shape index (κ3) is 4.20. The van der Waals surface area contributed by atoms with Gasteiger partial charge in [0.05, 0.1) is 6.61 Å². The summed E-state index contributed by atoms with van der Waals surface area (Å²) in [6, 6.07) is 6.54. The Bertz CT molecular complexity index is 592. The SMILES string of the molecule is CN(C)CCCC1(C(=O)/C=C/c2ccc(O)cc2)CCOC1=O. The molecule has 0 saturated carbocycles. The van der Waals surface area contributed by atoms with E-state index in [1.54, 1.807) is 30.3 Å². The molecule has 5 heteroatoms. The van der Waals surface area contributed by atoms with Crippen molar-refractivity contribution in [2.75, 3.05) is 27.2 Å². The van der Waals surface area contributed by atoms with Crippen LogP contribution in [0.1, 0.15) is 24.8 Å². The summed E-state index contributed by atoms with van der Waals surface area (Å²) in [6.45, 7) is 1.13. The average molecular weight is 317 g/mol. The molecule has 0 aliphatic carbocycles. The topological polar surface area (TPSA) is 66.8 Å². The van der Waals surface area contributed by atoms with Gasteiger partial charge in [0.25, 0.3) is 0 Å². The fourth-order valence-electron chi connectivity index (χ4n) is 2.75. The highest BCUT2D eigenvalue weighted by Gasteiger charge is 2.49. The van der Waals surface area contributed by atoms with Gasteiger partial charge in [0.1, 0.15) is 11.2 Å². The van der Waals surface area contributed by atoms with E-state index in [1.165, 1.54) is 6.08 Å². The lowest BCUT2D eigenvalue weighted by Crippen LogP contribution is -2.35. The molecule has 0 radical (unpaired) electrons. The van der Waals surface area contributed by atoms with Crippen LogP contribution >= 0.6 is 0 Å². The highest BCUT2D eigenvalue weighted by molar-refractivity contribution is 6.11. The minimum Gasteiger partial charge on any atom is -0.508 e.